The lowest BCUT2D eigenvalue weighted by Crippen LogP contribution is -2.43. The van der Waals surface area contributed by atoms with Crippen LogP contribution in [0.25, 0.3) is 0 Å². The zero-order valence-electron chi connectivity index (χ0n) is 12.3. The van der Waals surface area contributed by atoms with Gasteiger partial charge in [0.1, 0.15) is 0 Å². The third-order valence-corrected chi connectivity index (χ3v) is 4.06. The molecule has 0 saturated carbocycles. The Kier molecular flexibility index (Phi) is 3.79. The minimum Gasteiger partial charge on any atom is -0.369 e. The third kappa shape index (κ3) is 2.73. The van der Waals surface area contributed by atoms with Crippen molar-refractivity contribution >= 4 is 11.8 Å². The minimum atomic E-state index is -4.45. The van der Waals surface area contributed by atoms with Crippen LogP contribution in [0.3, 0.4) is 0 Å². The van der Waals surface area contributed by atoms with Crippen molar-refractivity contribution in [1.29, 1.82) is 0 Å². The first-order valence-corrected chi connectivity index (χ1v) is 7.15. The molecule has 0 aliphatic carbocycles. The number of benzene rings is 2. The fraction of sp³-hybridized carbons (Fsp3) is 0.176. The molecular weight excluding hydrogens is 321 g/mol. The standard InChI is InChI=1S/C17H13F3N2O2/c18-17(19,20)10-7-5-9(6-8-10)14-13(15(21)23)11-3-1-2-4-12(11)16(24)22-14/h1-8,13-14H,(H2,21,23)(H,22,24). The number of primary amides is 1. The van der Waals surface area contributed by atoms with Crippen molar-refractivity contribution in [3.05, 3.63) is 70.8 Å². The van der Waals surface area contributed by atoms with Gasteiger partial charge >= 0.3 is 6.18 Å². The summed E-state index contributed by atoms with van der Waals surface area (Å²) in [6.45, 7) is 0. The number of alkyl halides is 3. The summed E-state index contributed by atoms with van der Waals surface area (Å²) in [6, 6.07) is 10.1. The van der Waals surface area contributed by atoms with Crippen molar-refractivity contribution in [3.8, 4) is 0 Å². The molecule has 0 bridgehead atoms. The summed E-state index contributed by atoms with van der Waals surface area (Å²) in [6.07, 6.45) is -4.45. The van der Waals surface area contributed by atoms with Gasteiger partial charge in [-0.3, -0.25) is 9.59 Å². The second-order valence-corrected chi connectivity index (χ2v) is 5.54. The summed E-state index contributed by atoms with van der Waals surface area (Å²) in [5.74, 6) is -1.91. The molecule has 1 aliphatic heterocycles. The zero-order valence-corrected chi connectivity index (χ0v) is 12.3. The number of amides is 2. The van der Waals surface area contributed by atoms with Gasteiger partial charge in [-0.25, -0.2) is 0 Å². The number of carbonyl (C=O) groups is 2. The average Bonchev–Trinajstić information content (AvgIpc) is 2.53. The molecule has 2 aromatic carbocycles. The van der Waals surface area contributed by atoms with Crippen molar-refractivity contribution in [2.24, 2.45) is 5.73 Å². The van der Waals surface area contributed by atoms with Crippen LogP contribution in [0.5, 0.6) is 0 Å². The Labute approximate surface area is 135 Å². The van der Waals surface area contributed by atoms with Crippen molar-refractivity contribution in [1.82, 2.24) is 5.32 Å². The van der Waals surface area contributed by atoms with E-state index in [1.807, 2.05) is 0 Å². The summed E-state index contributed by atoms with van der Waals surface area (Å²) >= 11 is 0. The summed E-state index contributed by atoms with van der Waals surface area (Å²) in [5.41, 5.74) is 5.88. The maximum absolute atomic E-state index is 12.7. The Hall–Kier alpha value is -2.83. The van der Waals surface area contributed by atoms with Crippen LogP contribution < -0.4 is 11.1 Å². The highest BCUT2D eigenvalue weighted by molar-refractivity contribution is 6.01. The highest BCUT2D eigenvalue weighted by Crippen LogP contribution is 2.38. The van der Waals surface area contributed by atoms with Gasteiger partial charge in [-0.2, -0.15) is 13.2 Å². The van der Waals surface area contributed by atoms with Crippen molar-refractivity contribution in [3.63, 3.8) is 0 Å². The maximum atomic E-state index is 12.7. The van der Waals surface area contributed by atoms with Crippen LogP contribution in [-0.4, -0.2) is 11.8 Å². The van der Waals surface area contributed by atoms with Crippen LogP contribution in [0.2, 0.25) is 0 Å². The maximum Gasteiger partial charge on any atom is 0.416 e. The lowest BCUT2D eigenvalue weighted by Gasteiger charge is -2.32. The minimum absolute atomic E-state index is 0.337. The molecule has 0 spiro atoms. The van der Waals surface area contributed by atoms with E-state index in [4.69, 9.17) is 5.73 Å². The van der Waals surface area contributed by atoms with Gasteiger partial charge in [0, 0.05) is 5.56 Å². The molecule has 4 nitrogen and oxygen atoms in total. The number of hydrogen-bond acceptors (Lipinski definition) is 2. The Morgan fingerprint density at radius 3 is 2.25 bits per heavy atom. The van der Waals surface area contributed by atoms with Gasteiger partial charge in [0.25, 0.3) is 5.91 Å². The molecule has 0 fully saturated rings. The zero-order chi connectivity index (χ0) is 17.5. The molecule has 2 amide bonds. The number of nitrogens with two attached hydrogens (primary N) is 1. The van der Waals surface area contributed by atoms with Crippen LogP contribution in [-0.2, 0) is 11.0 Å². The van der Waals surface area contributed by atoms with Gasteiger partial charge in [-0.1, -0.05) is 30.3 Å². The van der Waals surface area contributed by atoms with E-state index in [1.54, 1.807) is 24.3 Å². The molecule has 2 atom stereocenters. The Bertz CT molecular complexity index is 800. The van der Waals surface area contributed by atoms with Crippen molar-refractivity contribution in [2.75, 3.05) is 0 Å². The van der Waals surface area contributed by atoms with Crippen LogP contribution in [0, 0.1) is 0 Å². The van der Waals surface area contributed by atoms with E-state index in [9.17, 15) is 22.8 Å². The molecule has 1 heterocycles. The van der Waals surface area contributed by atoms with E-state index in [1.165, 1.54) is 12.1 Å². The first-order valence-electron chi connectivity index (χ1n) is 7.15. The topological polar surface area (TPSA) is 72.2 Å². The summed E-state index contributed by atoms with van der Waals surface area (Å²) in [4.78, 5) is 24.1. The Morgan fingerprint density at radius 1 is 1.04 bits per heavy atom. The molecule has 0 aromatic heterocycles. The third-order valence-electron chi connectivity index (χ3n) is 4.06. The van der Waals surface area contributed by atoms with Gasteiger partial charge in [-0.05, 0) is 29.3 Å². The first kappa shape index (κ1) is 16.0. The molecule has 24 heavy (non-hydrogen) atoms. The number of nitrogens with one attached hydrogen (secondary N) is 1. The van der Waals surface area contributed by atoms with Gasteiger partial charge in [0.05, 0.1) is 17.5 Å². The highest BCUT2D eigenvalue weighted by Gasteiger charge is 2.38. The molecule has 0 radical (unpaired) electrons. The predicted molar refractivity (Wildman–Crippen MR) is 80.0 cm³/mol. The van der Waals surface area contributed by atoms with Crippen LogP contribution in [0.1, 0.15) is 39.0 Å². The van der Waals surface area contributed by atoms with Gasteiger partial charge < -0.3 is 11.1 Å². The molecule has 1 aliphatic rings. The molecule has 124 valence electrons. The Balaban J connectivity index is 2.04. The molecule has 3 N–H and O–H groups in total. The van der Waals surface area contributed by atoms with Crippen molar-refractivity contribution < 1.29 is 22.8 Å². The summed E-state index contributed by atoms with van der Waals surface area (Å²) in [5, 5.41) is 2.66. The van der Waals surface area contributed by atoms with Crippen LogP contribution in [0.4, 0.5) is 13.2 Å². The molecule has 0 saturated heterocycles. The SMILES string of the molecule is NC(=O)C1c2ccccc2C(=O)NC1c1ccc(C(F)(F)F)cc1. The van der Waals surface area contributed by atoms with Gasteiger partial charge in [-0.15, -0.1) is 0 Å². The highest BCUT2D eigenvalue weighted by atomic mass is 19.4. The Morgan fingerprint density at radius 2 is 1.67 bits per heavy atom. The lowest BCUT2D eigenvalue weighted by molar-refractivity contribution is -0.137. The van der Waals surface area contributed by atoms with E-state index in [0.717, 1.165) is 12.1 Å². The average molecular weight is 334 g/mol. The van der Waals surface area contributed by atoms with E-state index in [0.29, 0.717) is 16.7 Å². The van der Waals surface area contributed by atoms with E-state index < -0.39 is 35.5 Å². The quantitative estimate of drug-likeness (QED) is 0.886. The number of carbonyl (C=O) groups excluding carboxylic acids is 2. The molecule has 3 rings (SSSR count). The van der Waals surface area contributed by atoms with E-state index in [2.05, 4.69) is 5.32 Å². The number of hydrogen-bond donors (Lipinski definition) is 2. The molecule has 2 unspecified atom stereocenters. The second-order valence-electron chi connectivity index (χ2n) is 5.54. The second kappa shape index (κ2) is 5.67. The fourth-order valence-electron chi connectivity index (χ4n) is 2.93. The van der Waals surface area contributed by atoms with Crippen molar-refractivity contribution in [2.45, 2.75) is 18.1 Å². The number of fused-ring (bicyclic) bond motifs is 1. The van der Waals surface area contributed by atoms with Gasteiger partial charge in [0.15, 0.2) is 0 Å². The van der Waals surface area contributed by atoms with Gasteiger partial charge in [0.2, 0.25) is 5.91 Å². The van der Waals surface area contributed by atoms with E-state index >= 15 is 0 Å². The molecular formula is C17H13F3N2O2. The lowest BCUT2D eigenvalue weighted by atomic mass is 9.80. The molecule has 2 aromatic rings. The first-order chi connectivity index (χ1) is 11.3. The van der Waals surface area contributed by atoms with E-state index in [-0.39, 0.29) is 0 Å². The fourth-order valence-corrected chi connectivity index (χ4v) is 2.93. The predicted octanol–water partition coefficient (Wildman–Crippen LogP) is 2.76. The summed E-state index contributed by atoms with van der Waals surface area (Å²) < 4.78 is 38.0. The van der Waals surface area contributed by atoms with Crippen LogP contribution in [0.15, 0.2) is 48.5 Å². The number of halogens is 3. The normalized spacial score (nSPS) is 20.2. The largest absolute Gasteiger partial charge is 0.416 e. The smallest absolute Gasteiger partial charge is 0.369 e. The summed E-state index contributed by atoms with van der Waals surface area (Å²) in [7, 11) is 0. The number of rotatable bonds is 2. The monoisotopic (exact) mass is 334 g/mol. The van der Waals surface area contributed by atoms with Crippen LogP contribution >= 0.6 is 0 Å². The molecule has 7 heteroatoms.